The fourth-order valence-electron chi connectivity index (χ4n) is 1.89. The molecule has 5 heteroatoms. The van der Waals surface area contributed by atoms with Crippen LogP contribution in [-0.2, 0) is 19.1 Å². The van der Waals surface area contributed by atoms with E-state index < -0.39 is 23.4 Å². The average molecular weight is 279 g/mol. The number of ether oxygens (including phenoxy) is 2. The molecule has 0 bridgehead atoms. The second-order valence-corrected chi connectivity index (χ2v) is 4.53. The molecule has 1 aromatic carbocycles. The van der Waals surface area contributed by atoms with E-state index in [-0.39, 0.29) is 13.2 Å². The predicted molar refractivity (Wildman–Crippen MR) is 74.7 cm³/mol. The highest BCUT2D eigenvalue weighted by Crippen LogP contribution is 2.34. The van der Waals surface area contributed by atoms with Gasteiger partial charge in [0.1, 0.15) is 0 Å². The number of carbonyl (C=O) groups excluding carboxylic acids is 2. The number of hydrogen-bond acceptors (Lipinski definition) is 5. The molecule has 1 aromatic rings. The van der Waals surface area contributed by atoms with Crippen molar-refractivity contribution in [3.63, 3.8) is 0 Å². The van der Waals surface area contributed by atoms with E-state index in [9.17, 15) is 9.59 Å². The molecule has 1 unspecified atom stereocenters. The van der Waals surface area contributed by atoms with Gasteiger partial charge in [0.05, 0.1) is 19.3 Å². The number of nitrogens with two attached hydrogens (primary N) is 1. The highest BCUT2D eigenvalue weighted by molar-refractivity contribution is 6.00. The van der Waals surface area contributed by atoms with Gasteiger partial charge in [-0.15, -0.1) is 0 Å². The predicted octanol–water partition coefficient (Wildman–Crippen LogP) is 1.82. The Labute approximate surface area is 119 Å². The average Bonchev–Trinajstić information content (AvgIpc) is 2.47. The van der Waals surface area contributed by atoms with Crippen LogP contribution < -0.4 is 5.73 Å². The number of benzene rings is 1. The molecule has 0 fully saturated rings. The van der Waals surface area contributed by atoms with E-state index in [4.69, 9.17) is 15.2 Å². The fraction of sp³-hybridized carbons (Fsp3) is 0.467. The molecule has 110 valence electrons. The SMILES string of the molecule is CCOC(=O)C(C)(C(=O)OCC)C(N)c1ccccc1. The van der Waals surface area contributed by atoms with Crippen LogP contribution in [0.3, 0.4) is 0 Å². The Balaban J connectivity index is 3.16. The molecule has 0 saturated carbocycles. The van der Waals surface area contributed by atoms with Gasteiger partial charge in [0.2, 0.25) is 0 Å². The lowest BCUT2D eigenvalue weighted by atomic mass is 9.79. The van der Waals surface area contributed by atoms with Gasteiger partial charge in [0.25, 0.3) is 0 Å². The Morgan fingerprint density at radius 3 is 1.95 bits per heavy atom. The minimum absolute atomic E-state index is 0.176. The van der Waals surface area contributed by atoms with Crippen molar-refractivity contribution in [1.82, 2.24) is 0 Å². The minimum Gasteiger partial charge on any atom is -0.465 e. The van der Waals surface area contributed by atoms with Crippen molar-refractivity contribution in [2.45, 2.75) is 26.8 Å². The Bertz CT molecular complexity index is 440. The molecular formula is C15H21NO4. The highest BCUT2D eigenvalue weighted by atomic mass is 16.6. The quantitative estimate of drug-likeness (QED) is 0.634. The van der Waals surface area contributed by atoms with Crippen molar-refractivity contribution in [3.8, 4) is 0 Å². The first-order valence-corrected chi connectivity index (χ1v) is 6.63. The maximum atomic E-state index is 12.2. The van der Waals surface area contributed by atoms with Crippen LogP contribution >= 0.6 is 0 Å². The summed E-state index contributed by atoms with van der Waals surface area (Å²) in [7, 11) is 0. The van der Waals surface area contributed by atoms with Crippen LogP contribution in [0.5, 0.6) is 0 Å². The molecule has 20 heavy (non-hydrogen) atoms. The third-order valence-corrected chi connectivity index (χ3v) is 3.18. The summed E-state index contributed by atoms with van der Waals surface area (Å²) in [4.78, 5) is 24.4. The van der Waals surface area contributed by atoms with Crippen LogP contribution in [-0.4, -0.2) is 25.2 Å². The van der Waals surface area contributed by atoms with Crippen molar-refractivity contribution in [3.05, 3.63) is 35.9 Å². The molecule has 2 N–H and O–H groups in total. The molecule has 0 saturated heterocycles. The topological polar surface area (TPSA) is 78.6 Å². The van der Waals surface area contributed by atoms with Gasteiger partial charge in [-0.25, -0.2) is 0 Å². The molecule has 0 aliphatic rings. The van der Waals surface area contributed by atoms with Crippen LogP contribution in [0.1, 0.15) is 32.4 Å². The first-order chi connectivity index (χ1) is 9.48. The smallest absolute Gasteiger partial charge is 0.325 e. The maximum absolute atomic E-state index is 12.2. The van der Waals surface area contributed by atoms with E-state index in [0.717, 1.165) is 0 Å². The van der Waals surface area contributed by atoms with E-state index in [1.54, 1.807) is 38.1 Å². The summed E-state index contributed by atoms with van der Waals surface area (Å²) >= 11 is 0. The maximum Gasteiger partial charge on any atom is 0.325 e. The summed E-state index contributed by atoms with van der Waals surface area (Å²) in [6.07, 6.45) is 0. The third kappa shape index (κ3) is 3.17. The zero-order chi connectivity index (χ0) is 15.2. The Morgan fingerprint density at radius 2 is 1.55 bits per heavy atom. The van der Waals surface area contributed by atoms with Crippen LogP contribution in [0.2, 0.25) is 0 Å². The fourth-order valence-corrected chi connectivity index (χ4v) is 1.89. The second kappa shape index (κ2) is 7.05. The van der Waals surface area contributed by atoms with E-state index in [1.165, 1.54) is 6.92 Å². The highest BCUT2D eigenvalue weighted by Gasteiger charge is 2.50. The Kier molecular flexibility index (Phi) is 5.70. The molecule has 0 amide bonds. The summed E-state index contributed by atoms with van der Waals surface area (Å²) in [6, 6.07) is 8.13. The van der Waals surface area contributed by atoms with Crippen molar-refractivity contribution >= 4 is 11.9 Å². The molecule has 5 nitrogen and oxygen atoms in total. The number of hydrogen-bond donors (Lipinski definition) is 1. The second-order valence-electron chi connectivity index (χ2n) is 4.53. The minimum atomic E-state index is -1.56. The van der Waals surface area contributed by atoms with Gasteiger partial charge in [0, 0.05) is 0 Å². The zero-order valence-corrected chi connectivity index (χ0v) is 12.1. The van der Waals surface area contributed by atoms with Crippen LogP contribution in [0.4, 0.5) is 0 Å². The summed E-state index contributed by atoms with van der Waals surface area (Å²) in [5, 5.41) is 0. The van der Waals surface area contributed by atoms with Gasteiger partial charge in [-0.1, -0.05) is 30.3 Å². The molecular weight excluding hydrogens is 258 g/mol. The van der Waals surface area contributed by atoms with Crippen molar-refractivity contribution < 1.29 is 19.1 Å². The van der Waals surface area contributed by atoms with Gasteiger partial charge in [-0.3, -0.25) is 9.59 Å². The van der Waals surface area contributed by atoms with Crippen LogP contribution in [0, 0.1) is 5.41 Å². The standard InChI is InChI=1S/C15H21NO4/c1-4-19-13(17)15(3,14(18)20-5-2)12(16)11-9-7-6-8-10-11/h6-10,12H,4-5,16H2,1-3H3. The van der Waals surface area contributed by atoms with Gasteiger partial charge < -0.3 is 15.2 Å². The number of esters is 2. The molecule has 0 aliphatic carbocycles. The summed E-state index contributed by atoms with van der Waals surface area (Å²) in [5.74, 6) is -1.34. The van der Waals surface area contributed by atoms with Crippen LogP contribution in [0.15, 0.2) is 30.3 Å². The van der Waals surface area contributed by atoms with E-state index >= 15 is 0 Å². The monoisotopic (exact) mass is 279 g/mol. The van der Waals surface area contributed by atoms with Gasteiger partial charge in [-0.2, -0.15) is 0 Å². The van der Waals surface area contributed by atoms with Crippen molar-refractivity contribution in [2.75, 3.05) is 13.2 Å². The van der Waals surface area contributed by atoms with E-state index in [0.29, 0.717) is 5.56 Å². The van der Waals surface area contributed by atoms with Crippen LogP contribution in [0.25, 0.3) is 0 Å². The molecule has 0 aliphatic heterocycles. The summed E-state index contributed by atoms with van der Waals surface area (Å²) < 4.78 is 9.99. The lowest BCUT2D eigenvalue weighted by Gasteiger charge is -2.30. The Hall–Kier alpha value is -1.88. The van der Waals surface area contributed by atoms with Gasteiger partial charge in [0.15, 0.2) is 5.41 Å². The normalized spacial score (nSPS) is 12.6. The molecule has 1 atom stereocenters. The first kappa shape index (κ1) is 16.2. The molecule has 0 spiro atoms. The summed E-state index contributed by atoms with van der Waals surface area (Å²) in [6.45, 7) is 5.17. The van der Waals surface area contributed by atoms with Gasteiger partial charge in [-0.05, 0) is 26.3 Å². The van der Waals surface area contributed by atoms with Crippen molar-refractivity contribution in [2.24, 2.45) is 11.1 Å². The van der Waals surface area contributed by atoms with Gasteiger partial charge >= 0.3 is 11.9 Å². The summed E-state index contributed by atoms with van der Waals surface area (Å²) in [5.41, 5.74) is 5.25. The number of carbonyl (C=O) groups is 2. The third-order valence-electron chi connectivity index (χ3n) is 3.18. The lowest BCUT2D eigenvalue weighted by Crippen LogP contribution is -2.47. The Morgan fingerprint density at radius 1 is 1.10 bits per heavy atom. The first-order valence-electron chi connectivity index (χ1n) is 6.63. The number of rotatable bonds is 6. The van der Waals surface area contributed by atoms with Crippen molar-refractivity contribution in [1.29, 1.82) is 0 Å². The molecule has 1 rings (SSSR count). The molecule has 0 radical (unpaired) electrons. The van der Waals surface area contributed by atoms with E-state index in [2.05, 4.69) is 0 Å². The molecule has 0 aromatic heterocycles. The molecule has 0 heterocycles. The van der Waals surface area contributed by atoms with E-state index in [1.807, 2.05) is 6.07 Å². The lowest BCUT2D eigenvalue weighted by molar-refractivity contribution is -0.172. The largest absolute Gasteiger partial charge is 0.465 e. The zero-order valence-electron chi connectivity index (χ0n) is 12.1.